The molecule has 1 unspecified atom stereocenters. The van der Waals surface area contributed by atoms with Crippen LogP contribution in [0, 0.1) is 13.8 Å². The van der Waals surface area contributed by atoms with Gasteiger partial charge < -0.3 is 9.73 Å². The highest BCUT2D eigenvalue weighted by atomic mass is 32.1. The Kier molecular flexibility index (Phi) is 4.13. The molecule has 0 spiro atoms. The zero-order chi connectivity index (χ0) is 15.7. The zero-order valence-corrected chi connectivity index (χ0v) is 14.2. The first-order valence-corrected chi connectivity index (χ1v) is 8.61. The first-order valence-electron chi connectivity index (χ1n) is 6.92. The second-order valence-electron chi connectivity index (χ2n) is 5.07. The SMILES string of the molecule is Cc1cc(C(C)NC(=O)c2cnc(-c3cccs3)s2)c(C)o1. The third kappa shape index (κ3) is 2.98. The lowest BCUT2D eigenvalue weighted by Crippen LogP contribution is -2.26. The number of nitrogens with one attached hydrogen (secondary N) is 1. The van der Waals surface area contributed by atoms with Gasteiger partial charge in [-0.15, -0.1) is 22.7 Å². The third-order valence-electron chi connectivity index (χ3n) is 3.35. The van der Waals surface area contributed by atoms with E-state index < -0.39 is 0 Å². The Hall–Kier alpha value is -1.92. The number of rotatable bonds is 4. The van der Waals surface area contributed by atoms with Crippen molar-refractivity contribution in [3.05, 3.63) is 51.7 Å². The van der Waals surface area contributed by atoms with Gasteiger partial charge >= 0.3 is 0 Å². The van der Waals surface area contributed by atoms with Crippen molar-refractivity contribution in [2.24, 2.45) is 0 Å². The minimum atomic E-state index is -0.106. The largest absolute Gasteiger partial charge is 0.466 e. The quantitative estimate of drug-likeness (QED) is 0.761. The van der Waals surface area contributed by atoms with Gasteiger partial charge in [0.15, 0.2) is 0 Å². The molecule has 0 saturated heterocycles. The molecule has 1 amide bonds. The van der Waals surface area contributed by atoms with Gasteiger partial charge in [-0.05, 0) is 38.3 Å². The average molecular weight is 332 g/mol. The Bertz CT molecular complexity index is 787. The molecule has 0 aromatic carbocycles. The van der Waals surface area contributed by atoms with Crippen LogP contribution in [0.4, 0.5) is 0 Å². The number of thiophene rings is 1. The van der Waals surface area contributed by atoms with Crippen molar-refractivity contribution >= 4 is 28.6 Å². The van der Waals surface area contributed by atoms with Crippen LogP contribution in [0.1, 0.15) is 39.7 Å². The number of amides is 1. The molecule has 1 atom stereocenters. The van der Waals surface area contributed by atoms with Crippen LogP contribution in [-0.4, -0.2) is 10.9 Å². The van der Waals surface area contributed by atoms with E-state index in [1.165, 1.54) is 11.3 Å². The van der Waals surface area contributed by atoms with Gasteiger partial charge in [0, 0.05) is 5.56 Å². The van der Waals surface area contributed by atoms with E-state index in [0.717, 1.165) is 27.0 Å². The van der Waals surface area contributed by atoms with Gasteiger partial charge in [-0.3, -0.25) is 4.79 Å². The molecule has 3 heterocycles. The number of hydrogen-bond donors (Lipinski definition) is 1. The molecule has 0 aliphatic heterocycles. The van der Waals surface area contributed by atoms with Gasteiger partial charge in [0.1, 0.15) is 21.4 Å². The Morgan fingerprint density at radius 3 is 2.86 bits per heavy atom. The first kappa shape index (κ1) is 15.0. The molecule has 6 heteroatoms. The molecule has 3 aromatic heterocycles. The summed E-state index contributed by atoms with van der Waals surface area (Å²) in [4.78, 5) is 18.4. The fourth-order valence-electron chi connectivity index (χ4n) is 2.32. The number of thiazole rings is 1. The molecule has 3 aromatic rings. The number of hydrogen-bond acceptors (Lipinski definition) is 5. The van der Waals surface area contributed by atoms with E-state index >= 15 is 0 Å². The summed E-state index contributed by atoms with van der Waals surface area (Å²) in [6, 6.07) is 5.85. The van der Waals surface area contributed by atoms with Gasteiger partial charge in [0.25, 0.3) is 5.91 Å². The molecule has 4 nitrogen and oxygen atoms in total. The molecule has 22 heavy (non-hydrogen) atoms. The van der Waals surface area contributed by atoms with Crippen molar-refractivity contribution in [2.75, 3.05) is 0 Å². The highest BCUT2D eigenvalue weighted by molar-refractivity contribution is 7.21. The van der Waals surface area contributed by atoms with Crippen LogP contribution in [0.25, 0.3) is 9.88 Å². The molecule has 1 N–H and O–H groups in total. The second kappa shape index (κ2) is 6.06. The lowest BCUT2D eigenvalue weighted by molar-refractivity contribution is 0.0943. The smallest absolute Gasteiger partial charge is 0.263 e. The van der Waals surface area contributed by atoms with Crippen LogP contribution in [0.5, 0.6) is 0 Å². The molecule has 0 radical (unpaired) electrons. The summed E-state index contributed by atoms with van der Waals surface area (Å²) in [5.41, 5.74) is 1.01. The van der Waals surface area contributed by atoms with Crippen molar-refractivity contribution < 1.29 is 9.21 Å². The van der Waals surface area contributed by atoms with E-state index in [1.807, 2.05) is 44.4 Å². The fourth-order valence-corrected chi connectivity index (χ4v) is 3.94. The van der Waals surface area contributed by atoms with Crippen molar-refractivity contribution in [3.8, 4) is 9.88 Å². The highest BCUT2D eigenvalue weighted by Gasteiger charge is 2.18. The van der Waals surface area contributed by atoms with Crippen molar-refractivity contribution in [1.29, 1.82) is 0 Å². The van der Waals surface area contributed by atoms with E-state index in [2.05, 4.69) is 10.3 Å². The molecule has 0 saturated carbocycles. The molecule has 0 aliphatic carbocycles. The minimum absolute atomic E-state index is 0.0998. The van der Waals surface area contributed by atoms with E-state index in [9.17, 15) is 4.79 Å². The Morgan fingerprint density at radius 2 is 2.23 bits per heavy atom. The maximum atomic E-state index is 12.4. The van der Waals surface area contributed by atoms with Crippen molar-refractivity contribution in [3.63, 3.8) is 0 Å². The molecule has 0 aliphatic rings. The number of carbonyl (C=O) groups excluding carboxylic acids is 1. The van der Waals surface area contributed by atoms with Crippen LogP contribution >= 0.6 is 22.7 Å². The van der Waals surface area contributed by atoms with Crippen LogP contribution in [0.15, 0.2) is 34.2 Å². The Labute approximate surface area is 136 Å². The number of nitrogens with zero attached hydrogens (tertiary/aromatic N) is 1. The topological polar surface area (TPSA) is 55.1 Å². The standard InChI is InChI=1S/C16H16N2O2S2/c1-9-7-12(11(3)20-9)10(2)18-15(19)14-8-17-16(22-14)13-5-4-6-21-13/h4-8,10H,1-3H3,(H,18,19). The number of aryl methyl sites for hydroxylation is 2. The normalized spacial score (nSPS) is 12.3. The molecule has 0 bridgehead atoms. The predicted octanol–water partition coefficient (Wildman–Crippen LogP) is 4.57. The Balaban J connectivity index is 1.73. The molecule has 0 fully saturated rings. The number of aromatic nitrogens is 1. The maximum absolute atomic E-state index is 12.4. The summed E-state index contributed by atoms with van der Waals surface area (Å²) in [7, 11) is 0. The van der Waals surface area contributed by atoms with Gasteiger partial charge in [-0.25, -0.2) is 4.98 Å². The summed E-state index contributed by atoms with van der Waals surface area (Å²) in [5, 5.41) is 5.88. The Morgan fingerprint density at radius 1 is 1.41 bits per heavy atom. The molecule has 114 valence electrons. The average Bonchev–Trinajstić information content (AvgIpc) is 3.17. The van der Waals surface area contributed by atoms with Crippen molar-refractivity contribution in [2.45, 2.75) is 26.8 Å². The molecular formula is C16H16N2O2S2. The van der Waals surface area contributed by atoms with Crippen molar-refractivity contribution in [1.82, 2.24) is 10.3 Å². The molecule has 3 rings (SSSR count). The van der Waals surface area contributed by atoms with E-state index in [1.54, 1.807) is 17.5 Å². The van der Waals surface area contributed by atoms with E-state index in [-0.39, 0.29) is 11.9 Å². The third-order valence-corrected chi connectivity index (χ3v) is 5.39. The maximum Gasteiger partial charge on any atom is 0.263 e. The lowest BCUT2D eigenvalue weighted by atomic mass is 10.1. The van der Waals surface area contributed by atoms with E-state index in [4.69, 9.17) is 4.42 Å². The summed E-state index contributed by atoms with van der Waals surface area (Å²) < 4.78 is 5.52. The zero-order valence-electron chi connectivity index (χ0n) is 12.5. The monoisotopic (exact) mass is 332 g/mol. The van der Waals surface area contributed by atoms with E-state index in [0.29, 0.717) is 4.88 Å². The summed E-state index contributed by atoms with van der Waals surface area (Å²) in [6.45, 7) is 5.77. The van der Waals surface area contributed by atoms with Crippen LogP contribution in [-0.2, 0) is 0 Å². The molecular weight excluding hydrogens is 316 g/mol. The highest BCUT2D eigenvalue weighted by Crippen LogP contribution is 2.29. The predicted molar refractivity (Wildman–Crippen MR) is 89.5 cm³/mol. The van der Waals surface area contributed by atoms with Gasteiger partial charge in [-0.2, -0.15) is 0 Å². The van der Waals surface area contributed by atoms with Crippen LogP contribution in [0.2, 0.25) is 0 Å². The summed E-state index contributed by atoms with van der Waals surface area (Å²) in [5.74, 6) is 1.59. The van der Waals surface area contributed by atoms with Gasteiger partial charge in [0.2, 0.25) is 0 Å². The summed E-state index contributed by atoms with van der Waals surface area (Å²) in [6.07, 6.45) is 1.63. The minimum Gasteiger partial charge on any atom is -0.466 e. The second-order valence-corrected chi connectivity index (χ2v) is 7.05. The van der Waals surface area contributed by atoms with Crippen LogP contribution < -0.4 is 5.32 Å². The van der Waals surface area contributed by atoms with Gasteiger partial charge in [0.05, 0.1) is 17.1 Å². The van der Waals surface area contributed by atoms with Gasteiger partial charge in [-0.1, -0.05) is 6.07 Å². The summed E-state index contributed by atoms with van der Waals surface area (Å²) >= 11 is 3.03. The first-order chi connectivity index (χ1) is 10.5. The van der Waals surface area contributed by atoms with Crippen LogP contribution in [0.3, 0.4) is 0 Å². The number of furan rings is 1. The number of carbonyl (C=O) groups is 1. The lowest BCUT2D eigenvalue weighted by Gasteiger charge is -2.12. The fraction of sp³-hybridized carbons (Fsp3) is 0.250.